The number of aromatic nitrogens is 1. The molecule has 2 amide bonds. The molecule has 0 bridgehead atoms. The monoisotopic (exact) mass is 343 g/mol. The number of nitrogens with one attached hydrogen (secondary N) is 1. The number of carbonyl (C=O) groups excluding carboxylic acids is 2. The lowest BCUT2D eigenvalue weighted by atomic mass is 9.84. The molecule has 3 rings (SSSR count). The van der Waals surface area contributed by atoms with Gasteiger partial charge >= 0.3 is 0 Å². The predicted molar refractivity (Wildman–Crippen MR) is 94.9 cm³/mol. The van der Waals surface area contributed by atoms with Crippen LogP contribution in [0.1, 0.15) is 35.0 Å². The molecular weight excluding hydrogens is 322 g/mol. The number of nitrogens with zero attached hydrogens (tertiary/aromatic N) is 2. The minimum atomic E-state index is -0.278. The molecule has 1 aliphatic rings. The number of carbonyl (C=O) groups is 2. The first-order valence-electron chi connectivity index (χ1n) is 8.03. The van der Waals surface area contributed by atoms with Crippen molar-refractivity contribution in [3.8, 4) is 0 Å². The maximum absolute atomic E-state index is 12.8. The quantitative estimate of drug-likeness (QED) is 0.930. The van der Waals surface area contributed by atoms with Crippen LogP contribution in [0.4, 0.5) is 5.13 Å². The Kier molecular flexibility index (Phi) is 4.66. The van der Waals surface area contributed by atoms with Crippen molar-refractivity contribution >= 4 is 28.3 Å². The fraction of sp³-hybridized carbons (Fsp3) is 0.389. The summed E-state index contributed by atoms with van der Waals surface area (Å²) in [5, 5.41) is 3.57. The molecule has 2 atom stereocenters. The number of hydrogen-bond acceptors (Lipinski definition) is 4. The van der Waals surface area contributed by atoms with E-state index in [-0.39, 0.29) is 23.8 Å². The summed E-state index contributed by atoms with van der Waals surface area (Å²) in [6.45, 7) is 3.92. The van der Waals surface area contributed by atoms with Gasteiger partial charge in [-0.25, -0.2) is 4.98 Å². The zero-order valence-electron chi connectivity index (χ0n) is 14.1. The summed E-state index contributed by atoms with van der Waals surface area (Å²) < 4.78 is 0. The molecule has 1 aliphatic heterocycles. The average molecular weight is 343 g/mol. The molecule has 0 unspecified atom stereocenters. The standard InChI is InChI=1S/C18H21N3O2S/c1-11-12(2)24-18(19-11)20-17(23)14-9-10-15(22)21(3)16(14)13-7-5-4-6-8-13/h4-8,14,16H,9-10H2,1-3H3,(H,19,20,23)/t14-,16+/m1/s1. The lowest BCUT2D eigenvalue weighted by Gasteiger charge is -2.38. The van der Waals surface area contributed by atoms with E-state index in [0.29, 0.717) is 18.0 Å². The summed E-state index contributed by atoms with van der Waals surface area (Å²) in [6, 6.07) is 9.50. The van der Waals surface area contributed by atoms with E-state index < -0.39 is 0 Å². The lowest BCUT2D eigenvalue weighted by Crippen LogP contribution is -2.44. The Morgan fingerprint density at radius 2 is 2.00 bits per heavy atom. The second-order valence-electron chi connectivity index (χ2n) is 6.16. The zero-order valence-corrected chi connectivity index (χ0v) is 14.9. The van der Waals surface area contributed by atoms with E-state index in [1.165, 1.54) is 11.3 Å². The van der Waals surface area contributed by atoms with Crippen LogP contribution in [-0.4, -0.2) is 28.7 Å². The number of benzene rings is 1. The number of likely N-dealkylation sites (tertiary alicyclic amines) is 1. The highest BCUT2D eigenvalue weighted by molar-refractivity contribution is 7.15. The van der Waals surface area contributed by atoms with E-state index in [1.54, 1.807) is 11.9 Å². The molecular formula is C18H21N3O2S. The fourth-order valence-corrected chi connectivity index (χ4v) is 3.96. The highest BCUT2D eigenvalue weighted by Crippen LogP contribution is 2.36. The largest absolute Gasteiger partial charge is 0.338 e. The number of thiazole rings is 1. The summed E-state index contributed by atoms with van der Waals surface area (Å²) >= 11 is 1.48. The highest BCUT2D eigenvalue weighted by Gasteiger charge is 2.39. The van der Waals surface area contributed by atoms with Gasteiger partial charge < -0.3 is 10.2 Å². The number of amides is 2. The van der Waals surface area contributed by atoms with Crippen molar-refractivity contribution in [1.82, 2.24) is 9.88 Å². The number of piperidine rings is 1. The van der Waals surface area contributed by atoms with Crippen molar-refractivity contribution < 1.29 is 9.59 Å². The van der Waals surface area contributed by atoms with Gasteiger partial charge in [0.15, 0.2) is 5.13 Å². The lowest BCUT2D eigenvalue weighted by molar-refractivity contribution is -0.140. The van der Waals surface area contributed by atoms with Crippen molar-refractivity contribution in [2.45, 2.75) is 32.7 Å². The summed E-state index contributed by atoms with van der Waals surface area (Å²) in [4.78, 5) is 32.2. The second-order valence-corrected chi connectivity index (χ2v) is 7.36. The topological polar surface area (TPSA) is 62.3 Å². The van der Waals surface area contributed by atoms with Crippen molar-refractivity contribution in [1.29, 1.82) is 0 Å². The Balaban J connectivity index is 1.86. The van der Waals surface area contributed by atoms with E-state index in [4.69, 9.17) is 0 Å². The van der Waals surface area contributed by atoms with E-state index in [1.807, 2.05) is 44.2 Å². The first-order chi connectivity index (χ1) is 11.5. The van der Waals surface area contributed by atoms with Crippen LogP contribution in [0, 0.1) is 19.8 Å². The van der Waals surface area contributed by atoms with Crippen molar-refractivity contribution in [2.24, 2.45) is 5.92 Å². The second kappa shape index (κ2) is 6.73. The number of hydrogen-bond donors (Lipinski definition) is 1. The fourth-order valence-electron chi connectivity index (χ4n) is 3.14. The van der Waals surface area contributed by atoms with Gasteiger partial charge in [0, 0.05) is 18.3 Å². The molecule has 5 nitrogen and oxygen atoms in total. The Morgan fingerprint density at radius 3 is 2.62 bits per heavy atom. The van der Waals surface area contributed by atoms with Crippen LogP contribution in [0.2, 0.25) is 0 Å². The first kappa shape index (κ1) is 16.6. The van der Waals surface area contributed by atoms with Crippen molar-refractivity contribution in [3.63, 3.8) is 0 Å². The molecule has 24 heavy (non-hydrogen) atoms. The molecule has 0 aliphatic carbocycles. The van der Waals surface area contributed by atoms with Gasteiger partial charge in [0.05, 0.1) is 17.7 Å². The van der Waals surface area contributed by atoms with Gasteiger partial charge in [0.25, 0.3) is 0 Å². The van der Waals surface area contributed by atoms with E-state index in [0.717, 1.165) is 16.1 Å². The molecule has 1 aromatic carbocycles. The van der Waals surface area contributed by atoms with Crippen LogP contribution in [0.25, 0.3) is 0 Å². The van der Waals surface area contributed by atoms with E-state index in [2.05, 4.69) is 10.3 Å². The van der Waals surface area contributed by atoms with Gasteiger partial charge in [-0.15, -0.1) is 11.3 Å². The molecule has 1 N–H and O–H groups in total. The molecule has 2 aromatic rings. The van der Waals surface area contributed by atoms with Gasteiger partial charge in [-0.05, 0) is 25.8 Å². The molecule has 1 saturated heterocycles. The van der Waals surface area contributed by atoms with Crippen molar-refractivity contribution in [2.75, 3.05) is 12.4 Å². The normalized spacial score (nSPS) is 21.0. The highest BCUT2D eigenvalue weighted by atomic mass is 32.1. The number of anilines is 1. The van der Waals surface area contributed by atoms with Gasteiger partial charge in [-0.3, -0.25) is 9.59 Å². The minimum absolute atomic E-state index is 0.0723. The summed E-state index contributed by atoms with van der Waals surface area (Å²) in [5.41, 5.74) is 1.92. The number of rotatable bonds is 3. The molecule has 2 heterocycles. The van der Waals surface area contributed by atoms with Crippen LogP contribution in [0.3, 0.4) is 0 Å². The van der Waals surface area contributed by atoms with Crippen molar-refractivity contribution in [3.05, 3.63) is 46.5 Å². The van der Waals surface area contributed by atoms with Crippen LogP contribution in [0.5, 0.6) is 0 Å². The molecule has 0 spiro atoms. The molecule has 0 saturated carbocycles. The van der Waals surface area contributed by atoms with Crippen LogP contribution >= 0.6 is 11.3 Å². The molecule has 1 aromatic heterocycles. The molecule has 1 fully saturated rings. The Hall–Kier alpha value is -2.21. The maximum Gasteiger partial charge on any atom is 0.231 e. The average Bonchev–Trinajstić information content (AvgIpc) is 2.88. The van der Waals surface area contributed by atoms with Crippen LogP contribution in [0.15, 0.2) is 30.3 Å². The van der Waals surface area contributed by atoms with Gasteiger partial charge in [-0.2, -0.15) is 0 Å². The third-order valence-corrected chi connectivity index (χ3v) is 5.59. The van der Waals surface area contributed by atoms with Crippen LogP contribution in [-0.2, 0) is 9.59 Å². The smallest absolute Gasteiger partial charge is 0.231 e. The Labute approximate surface area is 145 Å². The summed E-state index contributed by atoms with van der Waals surface area (Å²) in [7, 11) is 1.77. The first-order valence-corrected chi connectivity index (χ1v) is 8.84. The van der Waals surface area contributed by atoms with Gasteiger partial charge in [0.2, 0.25) is 11.8 Å². The molecule has 126 valence electrons. The Morgan fingerprint density at radius 1 is 1.29 bits per heavy atom. The third kappa shape index (κ3) is 3.19. The van der Waals surface area contributed by atoms with E-state index in [9.17, 15) is 9.59 Å². The maximum atomic E-state index is 12.8. The van der Waals surface area contributed by atoms with E-state index >= 15 is 0 Å². The predicted octanol–water partition coefficient (Wildman–Crippen LogP) is 3.31. The zero-order chi connectivity index (χ0) is 17.3. The van der Waals surface area contributed by atoms with Crippen LogP contribution < -0.4 is 5.32 Å². The third-order valence-electron chi connectivity index (χ3n) is 4.60. The Bertz CT molecular complexity index is 737. The summed E-state index contributed by atoms with van der Waals surface area (Å²) in [6.07, 6.45) is 0.950. The molecule has 6 heteroatoms. The molecule has 0 radical (unpaired) electrons. The minimum Gasteiger partial charge on any atom is -0.338 e. The number of aryl methyl sites for hydroxylation is 2. The SMILES string of the molecule is Cc1nc(NC(=O)[C@@H]2CCC(=O)N(C)[C@H]2c2ccccc2)sc1C. The van der Waals surface area contributed by atoms with Gasteiger partial charge in [0.1, 0.15) is 0 Å². The van der Waals surface area contributed by atoms with Gasteiger partial charge in [-0.1, -0.05) is 30.3 Å². The summed E-state index contributed by atoms with van der Waals surface area (Å²) in [5.74, 6) is -0.273.